The lowest BCUT2D eigenvalue weighted by molar-refractivity contribution is -0.122. The molecule has 1 aromatic heterocycles. The highest BCUT2D eigenvalue weighted by molar-refractivity contribution is 5.95. The van der Waals surface area contributed by atoms with Crippen LogP contribution >= 0.6 is 0 Å². The number of benzene rings is 1. The smallest absolute Gasteiger partial charge is 0.251 e. The van der Waals surface area contributed by atoms with Crippen LogP contribution in [0.3, 0.4) is 0 Å². The second kappa shape index (κ2) is 15.2. The number of likely N-dealkylation sites (N-methyl/N-ethyl adjacent to an activating group) is 1. The Labute approximate surface area is 289 Å². The number of aromatic nitrogens is 1. The molecule has 12 nitrogen and oxygen atoms in total. The van der Waals surface area contributed by atoms with Crippen molar-refractivity contribution in [1.82, 2.24) is 20.5 Å². The number of hydrogen-bond donors (Lipinski definition) is 5. The minimum Gasteiger partial charge on any atom is -0.507 e. The van der Waals surface area contributed by atoms with Gasteiger partial charge in [0.25, 0.3) is 5.91 Å². The van der Waals surface area contributed by atoms with Gasteiger partial charge in [-0.2, -0.15) is 0 Å². The molecule has 0 unspecified atom stereocenters. The molecule has 1 spiro atoms. The average Bonchev–Trinajstić information content (AvgIpc) is 4.02. The molecular formula is C37H51N7O5. The number of hydrogen-bond acceptors (Lipinski definition) is 10. The van der Waals surface area contributed by atoms with E-state index in [4.69, 9.17) is 9.72 Å². The van der Waals surface area contributed by atoms with E-state index in [-0.39, 0.29) is 36.6 Å². The molecule has 49 heavy (non-hydrogen) atoms. The topological polar surface area (TPSA) is 152 Å². The Bertz CT molecular complexity index is 1560. The third kappa shape index (κ3) is 9.10. The molecule has 2 amide bonds. The molecule has 264 valence electrons. The molecule has 0 radical (unpaired) electrons. The lowest BCUT2D eigenvalue weighted by atomic mass is 9.77. The molecule has 4 aliphatic rings. The molecule has 2 aromatic rings. The highest BCUT2D eigenvalue weighted by Crippen LogP contribution is 2.61. The Morgan fingerprint density at radius 1 is 1.18 bits per heavy atom. The number of nitrogens with zero attached hydrogens (tertiary/aromatic N) is 4. The van der Waals surface area contributed by atoms with Crippen molar-refractivity contribution in [3.05, 3.63) is 58.5 Å². The molecule has 6 rings (SSSR count). The first-order valence-electron chi connectivity index (χ1n) is 17.7. The third-order valence-corrected chi connectivity index (χ3v) is 10.3. The maximum atomic E-state index is 13.5. The molecule has 3 saturated carbocycles. The minimum atomic E-state index is -0.740. The summed E-state index contributed by atoms with van der Waals surface area (Å²) < 4.78 is 5.73. The number of aliphatic hydroxyl groups excluding tert-OH is 2. The molecule has 1 aromatic carbocycles. The van der Waals surface area contributed by atoms with Gasteiger partial charge in [0.05, 0.1) is 11.8 Å². The number of carbonyl (C=O) groups is 2. The van der Waals surface area contributed by atoms with Crippen LogP contribution in [0, 0.1) is 11.3 Å². The van der Waals surface area contributed by atoms with E-state index in [1.807, 2.05) is 25.1 Å². The van der Waals surface area contributed by atoms with Crippen molar-refractivity contribution < 1.29 is 24.5 Å². The van der Waals surface area contributed by atoms with E-state index in [0.717, 1.165) is 44.2 Å². The second-order valence-electron chi connectivity index (χ2n) is 14.3. The second-order valence-corrected chi connectivity index (χ2v) is 14.3. The van der Waals surface area contributed by atoms with Crippen molar-refractivity contribution in [2.24, 2.45) is 16.3 Å². The number of fused-ring (bicyclic) bond motifs is 1. The summed E-state index contributed by atoms with van der Waals surface area (Å²) in [5.41, 5.74) is 3.81. The molecule has 1 atom stereocenters. The predicted molar refractivity (Wildman–Crippen MR) is 190 cm³/mol. The first-order valence-corrected chi connectivity index (χ1v) is 17.7. The Kier molecular flexibility index (Phi) is 10.7. The molecule has 3 fully saturated rings. The fraction of sp³-hybridized carbons (Fsp3) is 0.568. The molecular weight excluding hydrogens is 622 g/mol. The Balaban J connectivity index is 1.02. The molecule has 1 aliphatic heterocycles. The molecule has 12 heteroatoms. The lowest BCUT2D eigenvalue weighted by Crippen LogP contribution is -2.42. The highest BCUT2D eigenvalue weighted by Gasteiger charge is 2.52. The normalized spacial score (nSPS) is 19.2. The number of β-amino-alcohol motifs (C(OH)–C–C–N with tert-alkyl or cyclic N) is 1. The summed E-state index contributed by atoms with van der Waals surface area (Å²) >= 11 is 0. The SMILES string of the molecule is C=NC(C)=C(O)COc1ccc2c(c1)CCN(C[C@@H](O)CNC(=O)c1cc(NC3CC4(CC4)C3)nc(N(CC)CCNC(=O)C3CC3)c1)C2. The van der Waals surface area contributed by atoms with Crippen LogP contribution in [-0.2, 0) is 17.8 Å². The monoisotopic (exact) mass is 673 g/mol. The molecule has 0 bridgehead atoms. The first kappa shape index (κ1) is 34.7. The number of rotatable bonds is 17. The summed E-state index contributed by atoms with van der Waals surface area (Å²) in [5, 5.41) is 30.5. The largest absolute Gasteiger partial charge is 0.507 e. The van der Waals surface area contributed by atoms with Gasteiger partial charge in [-0.05, 0) is 106 Å². The highest BCUT2D eigenvalue weighted by atomic mass is 16.5. The van der Waals surface area contributed by atoms with Gasteiger partial charge in [-0.25, -0.2) is 4.98 Å². The summed E-state index contributed by atoms with van der Waals surface area (Å²) in [7, 11) is 0. The van der Waals surface area contributed by atoms with Gasteiger partial charge in [-0.3, -0.25) is 19.5 Å². The van der Waals surface area contributed by atoms with Crippen LogP contribution < -0.4 is 25.6 Å². The number of aliphatic imine (C=N–C) groups is 1. The summed E-state index contributed by atoms with van der Waals surface area (Å²) in [4.78, 5) is 38.5. The summed E-state index contributed by atoms with van der Waals surface area (Å²) in [6.07, 6.45) is 6.90. The molecule has 2 heterocycles. The van der Waals surface area contributed by atoms with Gasteiger partial charge in [0, 0.05) is 63.3 Å². The molecule has 3 aliphatic carbocycles. The third-order valence-electron chi connectivity index (χ3n) is 10.3. The maximum Gasteiger partial charge on any atom is 0.251 e. The van der Waals surface area contributed by atoms with Gasteiger partial charge in [0.15, 0.2) is 5.76 Å². The van der Waals surface area contributed by atoms with E-state index in [0.29, 0.717) is 72.8 Å². The van der Waals surface area contributed by atoms with Crippen molar-refractivity contribution in [3.63, 3.8) is 0 Å². The van der Waals surface area contributed by atoms with Crippen LogP contribution in [0.2, 0.25) is 0 Å². The maximum absolute atomic E-state index is 13.5. The van der Waals surface area contributed by atoms with Gasteiger partial charge in [-0.15, -0.1) is 0 Å². The summed E-state index contributed by atoms with van der Waals surface area (Å²) in [6.45, 7) is 11.0. The number of carbonyl (C=O) groups excluding carboxylic acids is 2. The van der Waals surface area contributed by atoms with E-state index < -0.39 is 6.10 Å². The number of anilines is 2. The quantitative estimate of drug-likeness (QED) is 0.125. The van der Waals surface area contributed by atoms with Crippen LogP contribution in [-0.4, -0.2) is 96.7 Å². The fourth-order valence-corrected chi connectivity index (χ4v) is 6.86. The van der Waals surface area contributed by atoms with Crippen molar-refractivity contribution in [2.75, 3.05) is 56.1 Å². The van der Waals surface area contributed by atoms with E-state index in [1.54, 1.807) is 19.1 Å². The van der Waals surface area contributed by atoms with Gasteiger partial charge in [0.1, 0.15) is 24.0 Å². The Hall–Kier alpha value is -4.16. The zero-order valence-electron chi connectivity index (χ0n) is 28.8. The lowest BCUT2D eigenvalue weighted by Gasteiger charge is -2.37. The number of nitrogens with one attached hydrogen (secondary N) is 3. The standard InChI is InChI=1S/C37H51N7O5/c1-4-44(14-12-39-35(47)25-5-6-25)34-17-28(16-33(42-34)41-29-18-37(19-29)10-11-37)36(48)40-20-30(45)22-43-13-9-26-15-31(8-7-27(26)21-43)49-23-32(46)24(2)38-3/h7-8,15-17,25,29-30,45-46H,3-6,9-14,18-23H2,1-2H3,(H,39,47)(H,40,48)(H,41,42)/t30-/m0/s1. The molecule has 0 saturated heterocycles. The van der Waals surface area contributed by atoms with Crippen LogP contribution in [0.4, 0.5) is 11.6 Å². The summed E-state index contributed by atoms with van der Waals surface area (Å²) in [5.74, 6) is 2.13. The molecule has 5 N–H and O–H groups in total. The number of allylic oxidation sites excluding steroid dienone is 1. The van der Waals surface area contributed by atoms with E-state index in [2.05, 4.69) is 37.5 Å². The van der Waals surface area contributed by atoms with Gasteiger partial charge >= 0.3 is 0 Å². The number of ether oxygens (including phenoxy) is 1. The minimum absolute atomic E-state index is 0.0321. The number of aliphatic hydroxyl groups is 2. The van der Waals surface area contributed by atoms with Crippen LogP contribution in [0.5, 0.6) is 5.75 Å². The van der Waals surface area contributed by atoms with Crippen LogP contribution in [0.1, 0.15) is 73.9 Å². The average molecular weight is 674 g/mol. The van der Waals surface area contributed by atoms with E-state index in [9.17, 15) is 19.8 Å². The number of pyridine rings is 1. The van der Waals surface area contributed by atoms with Gasteiger partial charge in [0.2, 0.25) is 5.91 Å². The number of amides is 2. The van der Waals surface area contributed by atoms with E-state index >= 15 is 0 Å². The van der Waals surface area contributed by atoms with Crippen LogP contribution in [0.15, 0.2) is 46.8 Å². The van der Waals surface area contributed by atoms with Crippen molar-refractivity contribution in [1.29, 1.82) is 0 Å². The van der Waals surface area contributed by atoms with Gasteiger partial charge in [-0.1, -0.05) is 6.07 Å². The van der Waals surface area contributed by atoms with Crippen LogP contribution in [0.25, 0.3) is 0 Å². The zero-order valence-corrected chi connectivity index (χ0v) is 28.8. The fourth-order valence-electron chi connectivity index (χ4n) is 6.86. The Morgan fingerprint density at radius 3 is 2.69 bits per heavy atom. The predicted octanol–water partition coefficient (Wildman–Crippen LogP) is 3.81. The zero-order chi connectivity index (χ0) is 34.5. The van der Waals surface area contributed by atoms with Crippen molar-refractivity contribution in [3.8, 4) is 5.75 Å². The van der Waals surface area contributed by atoms with Crippen molar-refractivity contribution >= 4 is 30.2 Å². The first-order chi connectivity index (χ1) is 23.6. The van der Waals surface area contributed by atoms with Gasteiger partial charge < -0.3 is 35.8 Å². The summed E-state index contributed by atoms with van der Waals surface area (Å²) in [6, 6.07) is 9.87. The van der Waals surface area contributed by atoms with Crippen molar-refractivity contribution in [2.45, 2.75) is 77.5 Å². The Morgan fingerprint density at radius 2 is 1.98 bits per heavy atom. The van der Waals surface area contributed by atoms with E-state index in [1.165, 1.54) is 18.4 Å².